The average molecular weight is 408 g/mol. The third kappa shape index (κ3) is 4.94. The summed E-state index contributed by atoms with van der Waals surface area (Å²) in [5.41, 5.74) is 1.58. The first kappa shape index (κ1) is 18.6. The van der Waals surface area contributed by atoms with Crippen molar-refractivity contribution >= 4 is 46.6 Å². The second kappa shape index (κ2) is 8.49. The molecule has 0 radical (unpaired) electrons. The van der Waals surface area contributed by atoms with Crippen LogP contribution in [-0.4, -0.2) is 15.9 Å². The van der Waals surface area contributed by atoms with E-state index < -0.39 is 5.91 Å². The SMILES string of the molecule is O=C(Nc1ccc(Cl)cc1)c1nc(SCc2ccc(F)cc2)ncc1Cl. The Morgan fingerprint density at radius 1 is 1.08 bits per heavy atom. The van der Waals surface area contributed by atoms with Crippen molar-refractivity contribution in [3.63, 3.8) is 0 Å². The lowest BCUT2D eigenvalue weighted by Gasteiger charge is -2.07. The highest BCUT2D eigenvalue weighted by molar-refractivity contribution is 7.98. The Balaban J connectivity index is 1.71. The summed E-state index contributed by atoms with van der Waals surface area (Å²) in [6.45, 7) is 0. The predicted octanol–water partition coefficient (Wildman–Crippen LogP) is 5.47. The van der Waals surface area contributed by atoms with Gasteiger partial charge in [0.25, 0.3) is 5.91 Å². The number of hydrogen-bond donors (Lipinski definition) is 1. The van der Waals surface area contributed by atoms with Crippen LogP contribution >= 0.6 is 35.0 Å². The fourth-order valence-electron chi connectivity index (χ4n) is 2.03. The molecule has 0 aliphatic carbocycles. The standard InChI is InChI=1S/C18H12Cl2FN3OS/c19-12-3-7-14(8-4-12)23-17(25)16-15(20)9-22-18(24-16)26-10-11-1-5-13(21)6-2-11/h1-9H,10H2,(H,23,25). The molecule has 0 saturated carbocycles. The van der Waals surface area contributed by atoms with Crippen LogP contribution in [0.5, 0.6) is 0 Å². The van der Waals surface area contributed by atoms with Gasteiger partial charge in [-0.05, 0) is 42.0 Å². The number of rotatable bonds is 5. The first-order chi connectivity index (χ1) is 12.5. The summed E-state index contributed by atoms with van der Waals surface area (Å²) in [7, 11) is 0. The van der Waals surface area contributed by atoms with Crippen LogP contribution in [0.2, 0.25) is 10.0 Å². The number of anilines is 1. The van der Waals surface area contributed by atoms with Gasteiger partial charge in [-0.1, -0.05) is 47.1 Å². The fraction of sp³-hybridized carbons (Fsp3) is 0.0556. The van der Waals surface area contributed by atoms with Crippen molar-refractivity contribution in [3.8, 4) is 0 Å². The Bertz CT molecular complexity index is 921. The van der Waals surface area contributed by atoms with Crippen molar-refractivity contribution in [1.29, 1.82) is 0 Å². The molecule has 2 aromatic carbocycles. The zero-order valence-corrected chi connectivity index (χ0v) is 15.6. The van der Waals surface area contributed by atoms with Crippen LogP contribution in [0.4, 0.5) is 10.1 Å². The molecule has 3 rings (SSSR count). The Morgan fingerprint density at radius 2 is 1.77 bits per heavy atom. The topological polar surface area (TPSA) is 54.9 Å². The molecular weight excluding hydrogens is 396 g/mol. The number of carbonyl (C=O) groups excluding carboxylic acids is 1. The monoisotopic (exact) mass is 407 g/mol. The summed E-state index contributed by atoms with van der Waals surface area (Å²) < 4.78 is 12.9. The number of benzene rings is 2. The molecule has 0 aliphatic heterocycles. The van der Waals surface area contributed by atoms with Crippen molar-refractivity contribution < 1.29 is 9.18 Å². The maximum atomic E-state index is 12.9. The van der Waals surface area contributed by atoms with Crippen LogP contribution in [0.1, 0.15) is 16.1 Å². The number of hydrogen-bond acceptors (Lipinski definition) is 4. The molecule has 0 aliphatic rings. The van der Waals surface area contributed by atoms with Crippen LogP contribution < -0.4 is 5.32 Å². The molecule has 3 aromatic rings. The van der Waals surface area contributed by atoms with Crippen molar-refractivity contribution in [1.82, 2.24) is 9.97 Å². The molecule has 0 atom stereocenters. The number of carbonyl (C=O) groups is 1. The minimum Gasteiger partial charge on any atom is -0.321 e. The van der Waals surface area contributed by atoms with Crippen molar-refractivity contribution in [2.45, 2.75) is 10.9 Å². The lowest BCUT2D eigenvalue weighted by atomic mass is 10.2. The fourth-order valence-corrected chi connectivity index (χ4v) is 3.11. The molecular formula is C18H12Cl2FN3OS. The van der Waals surface area contributed by atoms with Crippen LogP contribution in [0, 0.1) is 5.82 Å². The molecule has 1 N–H and O–H groups in total. The smallest absolute Gasteiger partial charge is 0.275 e. The summed E-state index contributed by atoms with van der Waals surface area (Å²) in [5, 5.41) is 3.84. The quantitative estimate of drug-likeness (QED) is 0.450. The number of halogens is 3. The number of nitrogens with zero attached hydrogens (tertiary/aromatic N) is 2. The number of amides is 1. The number of aromatic nitrogens is 2. The zero-order valence-electron chi connectivity index (χ0n) is 13.2. The molecule has 0 spiro atoms. The minimum atomic E-state index is -0.441. The van der Waals surface area contributed by atoms with Gasteiger partial charge < -0.3 is 5.32 Å². The van der Waals surface area contributed by atoms with E-state index in [1.54, 1.807) is 36.4 Å². The normalized spacial score (nSPS) is 10.6. The van der Waals surface area contributed by atoms with Crippen LogP contribution in [0.15, 0.2) is 59.9 Å². The Kier molecular flexibility index (Phi) is 6.08. The summed E-state index contributed by atoms with van der Waals surface area (Å²) in [6.07, 6.45) is 1.39. The number of nitrogens with one attached hydrogen (secondary N) is 1. The third-order valence-electron chi connectivity index (χ3n) is 3.32. The van der Waals surface area contributed by atoms with Gasteiger partial charge in [0.2, 0.25) is 0 Å². The van der Waals surface area contributed by atoms with E-state index >= 15 is 0 Å². The molecule has 26 heavy (non-hydrogen) atoms. The Labute approximate surface area is 163 Å². The lowest BCUT2D eigenvalue weighted by Crippen LogP contribution is -2.15. The summed E-state index contributed by atoms with van der Waals surface area (Å²) in [5.74, 6) is -0.189. The highest BCUT2D eigenvalue weighted by Gasteiger charge is 2.15. The molecule has 0 bridgehead atoms. The van der Waals surface area contributed by atoms with Gasteiger partial charge in [-0.2, -0.15) is 0 Å². The maximum Gasteiger partial charge on any atom is 0.275 e. The average Bonchev–Trinajstić information content (AvgIpc) is 2.64. The molecule has 1 aromatic heterocycles. The molecule has 132 valence electrons. The summed E-state index contributed by atoms with van der Waals surface area (Å²) in [4.78, 5) is 20.8. The van der Waals surface area contributed by atoms with Crippen molar-refractivity contribution in [3.05, 3.63) is 81.8 Å². The molecule has 1 heterocycles. The van der Waals surface area contributed by atoms with Gasteiger partial charge in [0.1, 0.15) is 5.82 Å². The van der Waals surface area contributed by atoms with Crippen LogP contribution in [0.3, 0.4) is 0 Å². The minimum absolute atomic E-state index is 0.0817. The van der Waals surface area contributed by atoms with E-state index in [4.69, 9.17) is 23.2 Å². The molecule has 0 unspecified atom stereocenters. The van der Waals surface area contributed by atoms with Gasteiger partial charge in [-0.3, -0.25) is 4.79 Å². The molecule has 1 amide bonds. The van der Waals surface area contributed by atoms with Gasteiger partial charge in [0, 0.05) is 16.5 Å². The predicted molar refractivity (Wildman–Crippen MR) is 102 cm³/mol. The lowest BCUT2D eigenvalue weighted by molar-refractivity contribution is 0.102. The van der Waals surface area contributed by atoms with Crippen molar-refractivity contribution in [2.75, 3.05) is 5.32 Å². The van der Waals surface area contributed by atoms with Crippen molar-refractivity contribution in [2.24, 2.45) is 0 Å². The molecule has 8 heteroatoms. The third-order valence-corrected chi connectivity index (χ3v) is 4.78. The van der Waals surface area contributed by atoms with E-state index in [2.05, 4.69) is 15.3 Å². The second-order valence-electron chi connectivity index (χ2n) is 5.23. The molecule has 0 saturated heterocycles. The molecule has 4 nitrogen and oxygen atoms in total. The Hall–Kier alpha value is -2.15. The number of thioether (sulfide) groups is 1. The molecule has 0 fully saturated rings. The second-order valence-corrected chi connectivity index (χ2v) is 7.01. The van der Waals surface area contributed by atoms with Crippen LogP contribution in [0.25, 0.3) is 0 Å². The van der Waals surface area contributed by atoms with Crippen LogP contribution in [-0.2, 0) is 5.75 Å². The van der Waals surface area contributed by atoms with Gasteiger partial charge >= 0.3 is 0 Å². The van der Waals surface area contributed by atoms with Gasteiger partial charge in [-0.15, -0.1) is 0 Å². The van der Waals surface area contributed by atoms with E-state index in [1.165, 1.54) is 30.1 Å². The Morgan fingerprint density at radius 3 is 2.46 bits per heavy atom. The van der Waals surface area contributed by atoms with Gasteiger partial charge in [0.15, 0.2) is 10.9 Å². The zero-order chi connectivity index (χ0) is 18.5. The van der Waals surface area contributed by atoms with E-state index in [1.807, 2.05) is 0 Å². The van der Waals surface area contributed by atoms with Gasteiger partial charge in [0.05, 0.1) is 11.2 Å². The highest BCUT2D eigenvalue weighted by atomic mass is 35.5. The summed E-state index contributed by atoms with van der Waals surface area (Å²) in [6, 6.07) is 12.9. The van der Waals surface area contributed by atoms with E-state index in [0.717, 1.165) is 5.56 Å². The summed E-state index contributed by atoms with van der Waals surface area (Å²) >= 11 is 13.2. The van der Waals surface area contributed by atoms with E-state index in [-0.39, 0.29) is 16.5 Å². The van der Waals surface area contributed by atoms with E-state index in [9.17, 15) is 9.18 Å². The van der Waals surface area contributed by atoms with Gasteiger partial charge in [-0.25, -0.2) is 14.4 Å². The maximum absolute atomic E-state index is 12.9. The van der Waals surface area contributed by atoms with E-state index in [0.29, 0.717) is 21.6 Å². The first-order valence-corrected chi connectivity index (χ1v) is 9.22. The largest absolute Gasteiger partial charge is 0.321 e. The highest BCUT2D eigenvalue weighted by Crippen LogP contribution is 2.23. The first-order valence-electron chi connectivity index (χ1n) is 7.48.